The molecule has 0 atom stereocenters. The molecule has 0 unspecified atom stereocenters. The lowest BCUT2D eigenvalue weighted by molar-refractivity contribution is 0.301. The maximum Gasteiger partial charge on any atom is 0.217 e. The highest BCUT2D eigenvalue weighted by molar-refractivity contribution is 6.17. The van der Waals surface area contributed by atoms with Gasteiger partial charge in [0, 0.05) is 17.9 Å². The third-order valence-corrected chi connectivity index (χ3v) is 3.32. The second kappa shape index (κ2) is 4.21. The van der Waals surface area contributed by atoms with Crippen LogP contribution in [0, 0.1) is 5.41 Å². The van der Waals surface area contributed by atoms with Crippen LogP contribution >= 0.6 is 11.6 Å². The van der Waals surface area contributed by atoms with Gasteiger partial charge in [0.15, 0.2) is 0 Å². The van der Waals surface area contributed by atoms with Gasteiger partial charge in [-0.15, -0.1) is 11.6 Å². The van der Waals surface area contributed by atoms with E-state index in [1.807, 2.05) is 0 Å². The predicted octanol–water partition coefficient (Wildman–Crippen LogP) is 2.48. The number of hydrogen-bond donors (Lipinski definition) is 1. The lowest BCUT2D eigenvalue weighted by Crippen LogP contribution is -2.24. The third-order valence-electron chi connectivity index (χ3n) is 3.13. The Morgan fingerprint density at radius 2 is 2.12 bits per heavy atom. The van der Waals surface area contributed by atoms with Crippen molar-refractivity contribution < 1.29 is 5.11 Å². The van der Waals surface area contributed by atoms with E-state index in [0.29, 0.717) is 18.1 Å². The molecule has 1 aliphatic carbocycles. The highest BCUT2D eigenvalue weighted by Gasteiger charge is 2.29. The molecule has 0 amide bonds. The van der Waals surface area contributed by atoms with E-state index in [9.17, 15) is 5.11 Å². The molecule has 0 aliphatic heterocycles. The maximum atomic E-state index is 9.90. The molecule has 0 fully saturated rings. The third kappa shape index (κ3) is 2.29. The summed E-state index contributed by atoms with van der Waals surface area (Å²) in [5.74, 6) is 1.30. The van der Waals surface area contributed by atoms with Crippen molar-refractivity contribution in [2.75, 3.05) is 5.88 Å². The summed E-state index contributed by atoms with van der Waals surface area (Å²) in [5, 5.41) is 9.90. The molecule has 0 aromatic carbocycles. The normalized spacial score (nSPS) is 18.2. The average molecular weight is 241 g/mol. The number of rotatable bonds is 2. The number of halogens is 1. The fraction of sp³-hybridized carbons (Fsp3) is 0.667. The number of alkyl halides is 1. The second-order valence-corrected chi connectivity index (χ2v) is 5.55. The summed E-state index contributed by atoms with van der Waals surface area (Å²) in [6.07, 6.45) is 3.51. The molecule has 4 heteroatoms. The average Bonchev–Trinajstić information content (AvgIpc) is 2.19. The van der Waals surface area contributed by atoms with E-state index >= 15 is 0 Å². The number of fused-ring (bicyclic) bond motifs is 1. The molecular weight excluding hydrogens is 224 g/mol. The molecule has 0 spiro atoms. The largest absolute Gasteiger partial charge is 0.493 e. The molecule has 1 heterocycles. The van der Waals surface area contributed by atoms with Gasteiger partial charge in [0.1, 0.15) is 5.82 Å². The van der Waals surface area contributed by atoms with Gasteiger partial charge in [-0.05, 0) is 24.7 Å². The summed E-state index contributed by atoms with van der Waals surface area (Å²) in [7, 11) is 0. The first-order valence-corrected chi connectivity index (χ1v) is 6.19. The van der Waals surface area contributed by atoms with Crippen LogP contribution in [-0.2, 0) is 19.3 Å². The van der Waals surface area contributed by atoms with Crippen LogP contribution in [0.3, 0.4) is 0 Å². The van der Waals surface area contributed by atoms with E-state index in [4.69, 9.17) is 11.6 Å². The van der Waals surface area contributed by atoms with Crippen LogP contribution in [0.5, 0.6) is 5.88 Å². The van der Waals surface area contributed by atoms with E-state index in [-0.39, 0.29) is 11.3 Å². The fourth-order valence-electron chi connectivity index (χ4n) is 2.17. The van der Waals surface area contributed by atoms with Crippen molar-refractivity contribution in [3.05, 3.63) is 17.1 Å². The number of aromatic nitrogens is 2. The minimum absolute atomic E-state index is 0.151. The molecule has 0 saturated heterocycles. The molecule has 0 radical (unpaired) electrons. The van der Waals surface area contributed by atoms with Gasteiger partial charge in [0.25, 0.3) is 0 Å². The summed E-state index contributed by atoms with van der Waals surface area (Å²) in [6.45, 7) is 4.42. The number of aromatic hydroxyl groups is 1. The Morgan fingerprint density at radius 3 is 2.81 bits per heavy atom. The zero-order valence-electron chi connectivity index (χ0n) is 9.76. The molecule has 16 heavy (non-hydrogen) atoms. The van der Waals surface area contributed by atoms with Gasteiger partial charge in [-0.1, -0.05) is 13.8 Å². The zero-order chi connectivity index (χ0) is 11.8. The van der Waals surface area contributed by atoms with E-state index in [0.717, 1.165) is 30.5 Å². The molecule has 1 aromatic rings. The molecule has 0 saturated carbocycles. The van der Waals surface area contributed by atoms with Gasteiger partial charge < -0.3 is 5.11 Å². The smallest absolute Gasteiger partial charge is 0.217 e. The van der Waals surface area contributed by atoms with Crippen LogP contribution in [0.15, 0.2) is 0 Å². The summed E-state index contributed by atoms with van der Waals surface area (Å²) < 4.78 is 0. The van der Waals surface area contributed by atoms with Gasteiger partial charge >= 0.3 is 0 Å². The first kappa shape index (κ1) is 11.6. The Kier molecular flexibility index (Phi) is 3.06. The molecule has 1 N–H and O–H groups in total. The Hall–Kier alpha value is -0.830. The van der Waals surface area contributed by atoms with Crippen molar-refractivity contribution in [1.82, 2.24) is 9.97 Å². The molecule has 88 valence electrons. The molecule has 1 aliphatic rings. The number of nitrogens with zero attached hydrogens (tertiary/aromatic N) is 2. The van der Waals surface area contributed by atoms with Crippen LogP contribution in [-0.4, -0.2) is 21.0 Å². The minimum atomic E-state index is 0.151. The number of hydrogen-bond acceptors (Lipinski definition) is 3. The number of aryl methyl sites for hydroxylation is 2. The van der Waals surface area contributed by atoms with Gasteiger partial charge in [-0.25, -0.2) is 4.98 Å². The standard InChI is InChI=1S/C12H17ClN2O/c1-12(2)5-3-9-8(7-12)11(16)15-10(14-9)4-6-13/h3-7H2,1-2H3,(H,14,15,16). The van der Waals surface area contributed by atoms with Crippen LogP contribution < -0.4 is 0 Å². The van der Waals surface area contributed by atoms with E-state index < -0.39 is 0 Å². The van der Waals surface area contributed by atoms with E-state index in [2.05, 4.69) is 23.8 Å². The molecule has 2 rings (SSSR count). The van der Waals surface area contributed by atoms with Gasteiger partial charge in [0.2, 0.25) is 5.88 Å². The molecule has 0 bridgehead atoms. The van der Waals surface area contributed by atoms with Crippen molar-refractivity contribution in [3.63, 3.8) is 0 Å². The van der Waals surface area contributed by atoms with Crippen molar-refractivity contribution in [2.24, 2.45) is 5.41 Å². The highest BCUT2D eigenvalue weighted by Crippen LogP contribution is 2.36. The Balaban J connectivity index is 2.36. The first-order chi connectivity index (χ1) is 7.52. The molecular formula is C12H17ClN2O. The SMILES string of the molecule is CC1(C)CCc2nc(CCCl)nc(O)c2C1. The van der Waals surface area contributed by atoms with Crippen molar-refractivity contribution in [2.45, 2.75) is 39.5 Å². The van der Waals surface area contributed by atoms with Crippen LogP contribution in [0.4, 0.5) is 0 Å². The van der Waals surface area contributed by atoms with Crippen molar-refractivity contribution in [1.29, 1.82) is 0 Å². The fourth-order valence-corrected chi connectivity index (χ4v) is 2.34. The molecule has 3 nitrogen and oxygen atoms in total. The second-order valence-electron chi connectivity index (χ2n) is 5.17. The zero-order valence-corrected chi connectivity index (χ0v) is 10.5. The monoisotopic (exact) mass is 240 g/mol. The maximum absolute atomic E-state index is 9.90. The van der Waals surface area contributed by atoms with Gasteiger partial charge in [0.05, 0.1) is 5.69 Å². The van der Waals surface area contributed by atoms with Crippen LogP contribution in [0.2, 0.25) is 0 Å². The Labute approximate surface area is 101 Å². The van der Waals surface area contributed by atoms with Crippen molar-refractivity contribution in [3.8, 4) is 5.88 Å². The van der Waals surface area contributed by atoms with E-state index in [1.54, 1.807) is 0 Å². The lowest BCUT2D eigenvalue weighted by Gasteiger charge is -2.30. The molecule has 1 aromatic heterocycles. The summed E-state index contributed by atoms with van der Waals surface area (Å²) in [4.78, 5) is 8.58. The summed E-state index contributed by atoms with van der Waals surface area (Å²) >= 11 is 5.66. The van der Waals surface area contributed by atoms with E-state index in [1.165, 1.54) is 0 Å². The van der Waals surface area contributed by atoms with Gasteiger partial charge in [-0.2, -0.15) is 4.98 Å². The first-order valence-electron chi connectivity index (χ1n) is 5.65. The summed E-state index contributed by atoms with van der Waals surface area (Å²) in [5.41, 5.74) is 2.17. The van der Waals surface area contributed by atoms with Crippen LogP contribution in [0.1, 0.15) is 37.4 Å². The summed E-state index contributed by atoms with van der Waals surface area (Å²) in [6, 6.07) is 0. The highest BCUT2D eigenvalue weighted by atomic mass is 35.5. The minimum Gasteiger partial charge on any atom is -0.493 e. The lowest BCUT2D eigenvalue weighted by atomic mass is 9.76. The van der Waals surface area contributed by atoms with Crippen LogP contribution in [0.25, 0.3) is 0 Å². The Morgan fingerprint density at radius 1 is 1.38 bits per heavy atom. The quantitative estimate of drug-likeness (QED) is 0.808. The predicted molar refractivity (Wildman–Crippen MR) is 63.9 cm³/mol. The van der Waals surface area contributed by atoms with Gasteiger partial charge in [-0.3, -0.25) is 0 Å². The van der Waals surface area contributed by atoms with Crippen molar-refractivity contribution >= 4 is 11.6 Å². The topological polar surface area (TPSA) is 46.0 Å². The Bertz CT molecular complexity index is 404.